The molecular formula is C32H36N4O2S2. The van der Waals surface area contributed by atoms with E-state index in [0.29, 0.717) is 11.3 Å². The summed E-state index contributed by atoms with van der Waals surface area (Å²) in [6, 6.07) is 14.7. The van der Waals surface area contributed by atoms with Crippen molar-refractivity contribution in [2.24, 2.45) is 0 Å². The summed E-state index contributed by atoms with van der Waals surface area (Å²) in [5.74, 6) is 0.319. The van der Waals surface area contributed by atoms with Gasteiger partial charge in [-0.25, -0.2) is 4.98 Å². The van der Waals surface area contributed by atoms with Gasteiger partial charge in [0.1, 0.15) is 0 Å². The molecule has 0 atom stereocenters. The van der Waals surface area contributed by atoms with Gasteiger partial charge < -0.3 is 10.6 Å². The zero-order valence-electron chi connectivity index (χ0n) is 23.1. The molecular weight excluding hydrogens is 537 g/mol. The number of rotatable bonds is 9. The van der Waals surface area contributed by atoms with Crippen LogP contribution in [0.5, 0.6) is 0 Å². The molecule has 5 rings (SSSR count). The number of aromatic nitrogens is 1. The summed E-state index contributed by atoms with van der Waals surface area (Å²) in [5, 5.41) is 8.20. The van der Waals surface area contributed by atoms with Crippen LogP contribution in [0.25, 0.3) is 11.3 Å². The maximum atomic E-state index is 12.7. The minimum absolute atomic E-state index is 0.0603. The Labute approximate surface area is 245 Å². The van der Waals surface area contributed by atoms with Gasteiger partial charge in [-0.3, -0.25) is 14.5 Å². The van der Waals surface area contributed by atoms with Crippen molar-refractivity contribution >= 4 is 40.6 Å². The van der Waals surface area contributed by atoms with Crippen molar-refractivity contribution in [3.05, 3.63) is 88.3 Å². The van der Waals surface area contributed by atoms with E-state index in [-0.39, 0.29) is 17.9 Å². The van der Waals surface area contributed by atoms with Crippen molar-refractivity contribution in [1.29, 1.82) is 0 Å². The van der Waals surface area contributed by atoms with Gasteiger partial charge in [-0.05, 0) is 68.4 Å². The van der Waals surface area contributed by atoms with Crippen molar-refractivity contribution in [2.45, 2.75) is 56.5 Å². The summed E-state index contributed by atoms with van der Waals surface area (Å²) in [6.45, 7) is 7.27. The number of allylic oxidation sites excluding steroid dienone is 2. The minimum atomic E-state index is -0.0966. The number of hydrogen-bond donors (Lipinski definition) is 2. The van der Waals surface area contributed by atoms with Gasteiger partial charge in [-0.1, -0.05) is 60.3 Å². The largest absolute Gasteiger partial charge is 0.353 e. The first kappa shape index (κ1) is 28.3. The van der Waals surface area contributed by atoms with Crippen molar-refractivity contribution in [2.75, 3.05) is 24.2 Å². The van der Waals surface area contributed by atoms with E-state index in [0.717, 1.165) is 66.6 Å². The van der Waals surface area contributed by atoms with E-state index in [1.807, 2.05) is 47.9 Å². The number of carbonyl (C=O) groups excluding carboxylic acids is 2. The van der Waals surface area contributed by atoms with Crippen LogP contribution in [0.2, 0.25) is 0 Å². The molecule has 3 aromatic rings. The van der Waals surface area contributed by atoms with E-state index in [9.17, 15) is 9.59 Å². The number of nitrogens with zero attached hydrogens (tertiary/aromatic N) is 2. The summed E-state index contributed by atoms with van der Waals surface area (Å²) < 4.78 is 0.861. The van der Waals surface area contributed by atoms with Crippen LogP contribution in [0, 0.1) is 13.8 Å². The molecule has 2 amide bonds. The third-order valence-electron chi connectivity index (χ3n) is 7.41. The molecule has 2 heterocycles. The average Bonchev–Trinajstić information content (AvgIpc) is 3.45. The Morgan fingerprint density at radius 1 is 1.07 bits per heavy atom. The molecule has 1 saturated heterocycles. The third-order valence-corrected chi connectivity index (χ3v) is 9.43. The fourth-order valence-corrected chi connectivity index (χ4v) is 6.64. The molecule has 0 unspecified atom stereocenters. The first-order valence-corrected chi connectivity index (χ1v) is 15.7. The van der Waals surface area contributed by atoms with E-state index < -0.39 is 0 Å². The summed E-state index contributed by atoms with van der Waals surface area (Å²) in [5.41, 5.74) is 7.25. The molecule has 1 fully saturated rings. The summed E-state index contributed by atoms with van der Waals surface area (Å²) >= 11 is 3.01. The van der Waals surface area contributed by atoms with E-state index in [2.05, 4.69) is 47.6 Å². The number of thiazole rings is 1. The van der Waals surface area contributed by atoms with Gasteiger partial charge in [0.25, 0.3) is 5.91 Å². The molecule has 1 aliphatic heterocycles. The lowest BCUT2D eigenvalue weighted by Crippen LogP contribution is -2.44. The molecule has 2 aliphatic rings. The maximum absolute atomic E-state index is 12.7. The lowest BCUT2D eigenvalue weighted by atomic mass is 10.0. The van der Waals surface area contributed by atoms with Crippen LogP contribution in [0.1, 0.15) is 42.4 Å². The highest BCUT2D eigenvalue weighted by atomic mass is 32.2. The van der Waals surface area contributed by atoms with Crippen LogP contribution in [0.15, 0.2) is 76.0 Å². The minimum Gasteiger partial charge on any atom is -0.353 e. The number of likely N-dealkylation sites (tertiary alicyclic amines) is 1. The molecule has 2 N–H and O–H groups in total. The molecule has 0 radical (unpaired) electrons. The Morgan fingerprint density at radius 3 is 2.70 bits per heavy atom. The maximum Gasteiger partial charge on any atom is 0.255 e. The monoisotopic (exact) mass is 572 g/mol. The second-order valence-corrected chi connectivity index (χ2v) is 12.6. The first-order chi connectivity index (χ1) is 19.4. The molecule has 2 aromatic carbocycles. The Hall–Kier alpha value is -3.20. The first-order valence-electron chi connectivity index (χ1n) is 13.9. The molecule has 0 bridgehead atoms. The Balaban J connectivity index is 1.06. The number of anilines is 1. The number of hydrogen-bond acceptors (Lipinski definition) is 6. The summed E-state index contributed by atoms with van der Waals surface area (Å²) in [4.78, 5) is 32.4. The van der Waals surface area contributed by atoms with Gasteiger partial charge in [0.05, 0.1) is 11.4 Å². The van der Waals surface area contributed by atoms with E-state index in [1.54, 1.807) is 0 Å². The Morgan fingerprint density at radius 2 is 1.93 bits per heavy atom. The summed E-state index contributed by atoms with van der Waals surface area (Å²) in [6.07, 6.45) is 9.69. The molecule has 208 valence electrons. The number of thioether (sulfide) groups is 1. The molecule has 40 heavy (non-hydrogen) atoms. The van der Waals surface area contributed by atoms with Crippen LogP contribution >= 0.6 is 23.1 Å². The summed E-state index contributed by atoms with van der Waals surface area (Å²) in [7, 11) is 0. The normalized spacial score (nSPS) is 16.0. The standard InChI is InChI=1S/C32H36N4O2S2/c1-22-11-12-24(17-23(22)2)19-36-15-13-27(14-16-36)33-30(37)21-40-32-35-29(20-39-32)26-9-6-10-28(18-26)34-31(38)25-7-4-3-5-8-25/h4,6-12,17-18,20,27H,3,5,13-16,19,21H2,1-2H3,(H,33,37)(H,34,38). The molecule has 1 aromatic heterocycles. The lowest BCUT2D eigenvalue weighted by Gasteiger charge is -2.32. The van der Waals surface area contributed by atoms with Gasteiger partial charge >= 0.3 is 0 Å². The SMILES string of the molecule is Cc1ccc(CN2CCC(NC(=O)CSc3nc(-c4cccc(NC(=O)C5=CCCC=C5)c4)cs3)CC2)cc1C. The van der Waals surface area contributed by atoms with Gasteiger partial charge in [-0.2, -0.15) is 0 Å². The fraction of sp³-hybridized carbons (Fsp3) is 0.344. The number of amides is 2. The van der Waals surface area contributed by atoms with Crippen LogP contribution in [0.3, 0.4) is 0 Å². The second kappa shape index (κ2) is 13.4. The van der Waals surface area contributed by atoms with Crippen molar-refractivity contribution in [3.63, 3.8) is 0 Å². The highest BCUT2D eigenvalue weighted by molar-refractivity contribution is 8.01. The highest BCUT2D eigenvalue weighted by Crippen LogP contribution is 2.30. The van der Waals surface area contributed by atoms with Gasteiger partial charge in [0.15, 0.2) is 4.34 Å². The van der Waals surface area contributed by atoms with E-state index >= 15 is 0 Å². The van der Waals surface area contributed by atoms with Crippen LogP contribution in [-0.4, -0.2) is 46.6 Å². The number of piperidine rings is 1. The van der Waals surface area contributed by atoms with Gasteiger partial charge in [0.2, 0.25) is 5.91 Å². The quantitative estimate of drug-likeness (QED) is 0.286. The molecule has 0 spiro atoms. The fourth-order valence-electron chi connectivity index (χ4n) is 4.99. The zero-order valence-corrected chi connectivity index (χ0v) is 24.7. The predicted molar refractivity (Wildman–Crippen MR) is 166 cm³/mol. The highest BCUT2D eigenvalue weighted by Gasteiger charge is 2.21. The number of nitrogens with one attached hydrogen (secondary N) is 2. The van der Waals surface area contributed by atoms with Crippen molar-refractivity contribution < 1.29 is 9.59 Å². The average molecular weight is 573 g/mol. The Bertz CT molecular complexity index is 1420. The molecule has 6 nitrogen and oxygen atoms in total. The molecule has 1 aliphatic carbocycles. The smallest absolute Gasteiger partial charge is 0.255 e. The number of aryl methyl sites for hydroxylation is 2. The van der Waals surface area contributed by atoms with Crippen LogP contribution < -0.4 is 10.6 Å². The van der Waals surface area contributed by atoms with E-state index in [1.165, 1.54) is 39.8 Å². The van der Waals surface area contributed by atoms with Crippen molar-refractivity contribution in [1.82, 2.24) is 15.2 Å². The van der Waals surface area contributed by atoms with E-state index in [4.69, 9.17) is 4.98 Å². The Kier molecular flexibility index (Phi) is 9.52. The van der Waals surface area contributed by atoms with Crippen LogP contribution in [-0.2, 0) is 16.1 Å². The zero-order chi connectivity index (χ0) is 27.9. The molecule has 8 heteroatoms. The number of benzene rings is 2. The van der Waals surface area contributed by atoms with Gasteiger partial charge in [-0.15, -0.1) is 11.3 Å². The third kappa shape index (κ3) is 7.71. The predicted octanol–water partition coefficient (Wildman–Crippen LogP) is 6.51. The topological polar surface area (TPSA) is 74.3 Å². The second-order valence-electron chi connectivity index (χ2n) is 10.5. The molecule has 0 saturated carbocycles. The van der Waals surface area contributed by atoms with Gasteiger partial charge in [0, 0.05) is 47.9 Å². The van der Waals surface area contributed by atoms with Crippen molar-refractivity contribution in [3.8, 4) is 11.3 Å². The number of carbonyl (C=O) groups is 2. The van der Waals surface area contributed by atoms with Crippen LogP contribution in [0.4, 0.5) is 5.69 Å². The lowest BCUT2D eigenvalue weighted by molar-refractivity contribution is -0.119.